The van der Waals surface area contributed by atoms with Gasteiger partial charge in [0, 0.05) is 35.3 Å². The van der Waals surface area contributed by atoms with Crippen molar-refractivity contribution in [3.8, 4) is 0 Å². The van der Waals surface area contributed by atoms with Crippen LogP contribution in [-0.4, -0.2) is 35.2 Å². The van der Waals surface area contributed by atoms with E-state index in [4.69, 9.17) is 22.9 Å². The Morgan fingerprint density at radius 1 is 0.600 bits per heavy atom. The van der Waals surface area contributed by atoms with E-state index in [1.165, 1.54) is 0 Å². The van der Waals surface area contributed by atoms with Crippen molar-refractivity contribution < 1.29 is 9.59 Å². The normalized spacial score (nSPS) is 11.4. The molecule has 0 atom stereocenters. The molecule has 0 saturated heterocycles. The summed E-state index contributed by atoms with van der Waals surface area (Å²) in [5.74, 6) is -0.394. The van der Waals surface area contributed by atoms with E-state index in [0.717, 1.165) is 44.2 Å². The maximum atomic E-state index is 12.6. The number of hydrogen-bond donors (Lipinski definition) is 6. The van der Waals surface area contributed by atoms with E-state index in [9.17, 15) is 9.59 Å². The Kier molecular flexibility index (Phi) is 13.4. The molecule has 12 heteroatoms. The van der Waals surface area contributed by atoms with Crippen molar-refractivity contribution in [2.45, 2.75) is 65.2 Å². The molecule has 2 rings (SSSR count). The fraction of sp³-hybridized carbons (Fsp3) is 0.357. The van der Waals surface area contributed by atoms with Crippen LogP contribution in [0.1, 0.15) is 76.3 Å². The molecular weight excluding hydrogens is 508 g/mol. The van der Waals surface area contributed by atoms with Crippen LogP contribution in [0.3, 0.4) is 0 Å². The molecular formula is C28H40N10O2. The van der Waals surface area contributed by atoms with E-state index in [0.29, 0.717) is 41.1 Å². The minimum absolute atomic E-state index is 0.0329. The lowest BCUT2D eigenvalue weighted by Crippen LogP contribution is -2.22. The number of benzene rings is 2. The Labute approximate surface area is 235 Å². The molecule has 214 valence electrons. The number of rotatable bonds is 15. The summed E-state index contributed by atoms with van der Waals surface area (Å²) in [6.45, 7) is 3.49. The highest BCUT2D eigenvalue weighted by atomic mass is 16.2. The van der Waals surface area contributed by atoms with Crippen LogP contribution in [0.25, 0.3) is 0 Å². The number of nitrogens with zero attached hydrogens (tertiary/aromatic N) is 4. The zero-order valence-electron chi connectivity index (χ0n) is 23.2. The minimum Gasteiger partial charge on any atom is -0.369 e. The van der Waals surface area contributed by atoms with Crippen LogP contribution < -0.4 is 33.6 Å². The smallest absolute Gasteiger partial charge is 0.224 e. The number of amides is 2. The van der Waals surface area contributed by atoms with Crippen molar-refractivity contribution in [2.24, 2.45) is 43.3 Å². The molecule has 0 aliphatic carbocycles. The van der Waals surface area contributed by atoms with Gasteiger partial charge in [-0.25, -0.2) is 0 Å². The number of carbonyl (C=O) groups excluding carboxylic acids is 2. The molecule has 0 spiro atoms. The second kappa shape index (κ2) is 17.0. The van der Waals surface area contributed by atoms with Gasteiger partial charge in [0.15, 0.2) is 0 Å². The van der Waals surface area contributed by atoms with Crippen molar-refractivity contribution in [1.82, 2.24) is 0 Å². The molecule has 2 aromatic carbocycles. The van der Waals surface area contributed by atoms with Crippen LogP contribution in [0.2, 0.25) is 0 Å². The fourth-order valence-electron chi connectivity index (χ4n) is 3.75. The zero-order chi connectivity index (χ0) is 29.3. The highest BCUT2D eigenvalue weighted by Crippen LogP contribution is 2.19. The molecule has 0 saturated carbocycles. The van der Waals surface area contributed by atoms with Crippen LogP contribution in [0.5, 0.6) is 0 Å². The first kappa shape index (κ1) is 31.5. The van der Waals surface area contributed by atoms with Gasteiger partial charge in [0.1, 0.15) is 0 Å². The summed E-state index contributed by atoms with van der Waals surface area (Å²) >= 11 is 0. The summed E-state index contributed by atoms with van der Waals surface area (Å²) in [4.78, 5) is 24.6. The molecule has 40 heavy (non-hydrogen) atoms. The van der Waals surface area contributed by atoms with Crippen molar-refractivity contribution in [1.29, 1.82) is 0 Å². The van der Waals surface area contributed by atoms with E-state index in [-0.39, 0.29) is 23.7 Å². The van der Waals surface area contributed by atoms with Gasteiger partial charge in [-0.2, -0.15) is 10.2 Å². The average molecular weight is 549 g/mol. The van der Waals surface area contributed by atoms with Crippen LogP contribution in [-0.2, 0) is 9.59 Å². The van der Waals surface area contributed by atoms with Gasteiger partial charge in [0.2, 0.25) is 23.7 Å². The van der Waals surface area contributed by atoms with E-state index in [1.807, 2.05) is 36.4 Å². The standard InChI is InChI=1S/C28H40N10O2/c1-19(35-37-27(29)30)21-16-22(20(2)36-38-28(31)32)18-24(17-21)34-26(40)15-11-6-4-3-5-10-14-25(39)33-23-12-8-7-9-13-23/h7-9,12-13,16-18H,3-6,10-11,14-15H2,1-2H3,(H,33,39)(H,34,40)(H4,29,30,37)(H4,31,32,38). The van der Waals surface area contributed by atoms with Gasteiger partial charge in [-0.15, -0.1) is 10.2 Å². The molecule has 10 N–H and O–H groups in total. The predicted molar refractivity (Wildman–Crippen MR) is 163 cm³/mol. The lowest BCUT2D eigenvalue weighted by Gasteiger charge is -2.11. The van der Waals surface area contributed by atoms with Crippen LogP contribution in [0.4, 0.5) is 11.4 Å². The van der Waals surface area contributed by atoms with Crippen molar-refractivity contribution >= 4 is 46.5 Å². The Morgan fingerprint density at radius 3 is 1.48 bits per heavy atom. The number of carbonyl (C=O) groups is 2. The van der Waals surface area contributed by atoms with Gasteiger partial charge in [-0.05, 0) is 57.0 Å². The summed E-state index contributed by atoms with van der Waals surface area (Å²) < 4.78 is 0. The van der Waals surface area contributed by atoms with Gasteiger partial charge < -0.3 is 33.6 Å². The summed E-state index contributed by atoms with van der Waals surface area (Å²) in [5.41, 5.74) is 25.4. The van der Waals surface area contributed by atoms with Crippen LogP contribution >= 0.6 is 0 Å². The number of anilines is 2. The summed E-state index contributed by atoms with van der Waals surface area (Å²) in [6.07, 6.45) is 6.45. The number of nitrogens with one attached hydrogen (secondary N) is 2. The van der Waals surface area contributed by atoms with Gasteiger partial charge in [-0.3, -0.25) is 9.59 Å². The Balaban J connectivity index is 1.83. The highest BCUT2D eigenvalue weighted by Gasteiger charge is 2.10. The van der Waals surface area contributed by atoms with Gasteiger partial charge >= 0.3 is 0 Å². The first-order valence-corrected chi connectivity index (χ1v) is 13.2. The lowest BCUT2D eigenvalue weighted by atomic mass is 10.0. The van der Waals surface area contributed by atoms with E-state index < -0.39 is 0 Å². The molecule has 0 bridgehead atoms. The maximum Gasteiger partial charge on any atom is 0.224 e. The third-order valence-electron chi connectivity index (χ3n) is 5.80. The maximum absolute atomic E-state index is 12.6. The van der Waals surface area contributed by atoms with E-state index >= 15 is 0 Å². The number of nitrogens with two attached hydrogens (primary N) is 4. The third-order valence-corrected chi connectivity index (χ3v) is 5.80. The van der Waals surface area contributed by atoms with Gasteiger partial charge in [-0.1, -0.05) is 43.9 Å². The molecule has 0 unspecified atom stereocenters. The number of unbranched alkanes of at least 4 members (excludes halogenated alkanes) is 5. The Morgan fingerprint density at radius 2 is 1.02 bits per heavy atom. The van der Waals surface area contributed by atoms with Crippen LogP contribution in [0.15, 0.2) is 68.9 Å². The quantitative estimate of drug-likeness (QED) is 0.0848. The molecule has 0 aliphatic heterocycles. The number of hydrogen-bond acceptors (Lipinski definition) is 6. The first-order valence-electron chi connectivity index (χ1n) is 13.2. The topological polar surface area (TPSA) is 212 Å². The van der Waals surface area contributed by atoms with Crippen molar-refractivity contribution in [3.05, 3.63) is 59.7 Å². The fourth-order valence-corrected chi connectivity index (χ4v) is 3.75. The third kappa shape index (κ3) is 12.7. The molecule has 0 radical (unpaired) electrons. The number of guanidine groups is 2. The summed E-state index contributed by atoms with van der Waals surface area (Å²) in [6, 6.07) is 14.8. The average Bonchev–Trinajstić information content (AvgIpc) is 2.92. The zero-order valence-corrected chi connectivity index (χ0v) is 23.2. The van der Waals surface area contributed by atoms with Gasteiger partial charge in [0.05, 0.1) is 11.4 Å². The second-order valence-electron chi connectivity index (χ2n) is 9.30. The molecule has 0 aliphatic rings. The SMILES string of the molecule is CC(=NN=C(N)N)c1cc(NC(=O)CCCCCCCCC(=O)Nc2ccccc2)cc(C(C)=NN=C(N)N)c1. The largest absolute Gasteiger partial charge is 0.369 e. The molecule has 0 heterocycles. The first-order chi connectivity index (χ1) is 19.1. The molecule has 0 aromatic heterocycles. The van der Waals surface area contributed by atoms with Crippen molar-refractivity contribution in [3.63, 3.8) is 0 Å². The van der Waals surface area contributed by atoms with Crippen LogP contribution in [0, 0.1) is 0 Å². The molecule has 12 nitrogen and oxygen atoms in total. The monoisotopic (exact) mass is 548 g/mol. The molecule has 2 aromatic rings. The van der Waals surface area contributed by atoms with Gasteiger partial charge in [0.25, 0.3) is 0 Å². The van der Waals surface area contributed by atoms with E-state index in [1.54, 1.807) is 26.0 Å². The summed E-state index contributed by atoms with van der Waals surface area (Å²) in [5, 5.41) is 21.3. The molecule has 0 fully saturated rings. The highest BCUT2D eigenvalue weighted by molar-refractivity contribution is 6.06. The second-order valence-corrected chi connectivity index (χ2v) is 9.30. The summed E-state index contributed by atoms with van der Waals surface area (Å²) in [7, 11) is 0. The Bertz CT molecular complexity index is 1190. The van der Waals surface area contributed by atoms with E-state index in [2.05, 4.69) is 31.0 Å². The lowest BCUT2D eigenvalue weighted by molar-refractivity contribution is -0.117. The van der Waals surface area contributed by atoms with Crippen molar-refractivity contribution in [2.75, 3.05) is 10.6 Å². The minimum atomic E-state index is -0.164. The molecule has 2 amide bonds. The number of para-hydroxylation sites is 1. The predicted octanol–water partition coefficient (Wildman–Crippen LogP) is 3.38. The Hall–Kier alpha value is -4.74.